The summed E-state index contributed by atoms with van der Waals surface area (Å²) in [5.74, 6) is -0.516. The number of hydrogen-bond acceptors (Lipinski definition) is 3. The molecule has 0 heterocycles. The Hall–Kier alpha value is -1.90. The Labute approximate surface area is 113 Å². The highest BCUT2D eigenvalue weighted by atomic mass is 16.5. The Kier molecular flexibility index (Phi) is 3.84. The van der Waals surface area contributed by atoms with Crippen LogP contribution < -0.4 is 0 Å². The second-order valence-electron chi connectivity index (χ2n) is 4.84. The largest absolute Gasteiger partial charge is 0.465 e. The van der Waals surface area contributed by atoms with Gasteiger partial charge in [0.05, 0.1) is 6.61 Å². The molecule has 0 radical (unpaired) electrons. The summed E-state index contributed by atoms with van der Waals surface area (Å²) in [4.78, 5) is 24.0. The number of ether oxygens (including phenoxy) is 1. The van der Waals surface area contributed by atoms with Crippen LogP contribution in [0.3, 0.4) is 0 Å². The van der Waals surface area contributed by atoms with Crippen LogP contribution in [0.4, 0.5) is 0 Å². The molecule has 0 aromatic heterocycles. The Morgan fingerprint density at radius 2 is 1.95 bits per heavy atom. The molecule has 0 N–H and O–H groups in total. The van der Waals surface area contributed by atoms with Crippen molar-refractivity contribution in [1.29, 1.82) is 0 Å². The summed E-state index contributed by atoms with van der Waals surface area (Å²) in [5, 5.41) is 0. The van der Waals surface area contributed by atoms with Crippen molar-refractivity contribution in [1.82, 2.24) is 0 Å². The summed E-state index contributed by atoms with van der Waals surface area (Å²) in [6.07, 6.45) is 2.85. The van der Waals surface area contributed by atoms with Crippen LogP contribution in [0.5, 0.6) is 0 Å². The zero-order valence-electron chi connectivity index (χ0n) is 11.3. The van der Waals surface area contributed by atoms with Crippen LogP contribution in [-0.4, -0.2) is 18.4 Å². The maximum Gasteiger partial charge on any atom is 0.320 e. The Bertz CT molecular complexity index is 516. The van der Waals surface area contributed by atoms with E-state index in [2.05, 4.69) is 0 Å². The van der Waals surface area contributed by atoms with Gasteiger partial charge in [-0.05, 0) is 37.8 Å². The van der Waals surface area contributed by atoms with E-state index in [4.69, 9.17) is 4.74 Å². The molecule has 0 fully saturated rings. The second kappa shape index (κ2) is 5.39. The molecule has 2 rings (SSSR count). The van der Waals surface area contributed by atoms with Crippen molar-refractivity contribution in [2.45, 2.75) is 26.7 Å². The first-order chi connectivity index (χ1) is 9.10. The SMILES string of the molecule is CCOC(=O)C1(C(C)=O)CC=C(c2ccccc2)C1. The average molecular weight is 258 g/mol. The van der Waals surface area contributed by atoms with E-state index in [1.807, 2.05) is 36.4 Å². The van der Waals surface area contributed by atoms with Gasteiger partial charge in [-0.1, -0.05) is 36.4 Å². The van der Waals surface area contributed by atoms with Crippen LogP contribution in [-0.2, 0) is 14.3 Å². The van der Waals surface area contributed by atoms with Gasteiger partial charge in [0.1, 0.15) is 11.2 Å². The van der Waals surface area contributed by atoms with Gasteiger partial charge >= 0.3 is 5.97 Å². The standard InChI is InChI=1S/C16H18O3/c1-3-19-15(18)16(12(2)17)10-9-14(11-16)13-7-5-4-6-8-13/h4-9H,3,10-11H2,1-2H3. The van der Waals surface area contributed by atoms with Gasteiger partial charge in [0.2, 0.25) is 0 Å². The molecule has 19 heavy (non-hydrogen) atoms. The van der Waals surface area contributed by atoms with Crippen molar-refractivity contribution in [2.24, 2.45) is 5.41 Å². The Morgan fingerprint density at radius 1 is 1.26 bits per heavy atom. The smallest absolute Gasteiger partial charge is 0.320 e. The van der Waals surface area contributed by atoms with Crippen LogP contribution >= 0.6 is 0 Å². The van der Waals surface area contributed by atoms with E-state index < -0.39 is 11.4 Å². The van der Waals surface area contributed by atoms with Gasteiger partial charge in [-0.2, -0.15) is 0 Å². The minimum atomic E-state index is -1.01. The zero-order chi connectivity index (χ0) is 13.9. The van der Waals surface area contributed by atoms with Gasteiger partial charge in [-0.15, -0.1) is 0 Å². The lowest BCUT2D eigenvalue weighted by molar-refractivity contribution is -0.158. The first-order valence-corrected chi connectivity index (χ1v) is 6.53. The van der Waals surface area contributed by atoms with E-state index in [0.29, 0.717) is 19.4 Å². The van der Waals surface area contributed by atoms with Gasteiger partial charge in [0.25, 0.3) is 0 Å². The van der Waals surface area contributed by atoms with E-state index in [1.54, 1.807) is 6.92 Å². The van der Waals surface area contributed by atoms with Crippen molar-refractivity contribution in [3.05, 3.63) is 42.0 Å². The van der Waals surface area contributed by atoms with Gasteiger partial charge in [0.15, 0.2) is 0 Å². The molecule has 0 saturated carbocycles. The molecule has 1 aliphatic rings. The first kappa shape index (κ1) is 13.5. The molecular weight excluding hydrogens is 240 g/mol. The van der Waals surface area contributed by atoms with E-state index in [1.165, 1.54) is 6.92 Å². The zero-order valence-corrected chi connectivity index (χ0v) is 11.3. The Morgan fingerprint density at radius 3 is 2.53 bits per heavy atom. The highest BCUT2D eigenvalue weighted by molar-refractivity contribution is 6.05. The first-order valence-electron chi connectivity index (χ1n) is 6.53. The summed E-state index contributed by atoms with van der Waals surface area (Å²) in [6.45, 7) is 3.53. The van der Waals surface area contributed by atoms with E-state index in [9.17, 15) is 9.59 Å². The monoisotopic (exact) mass is 258 g/mol. The van der Waals surface area contributed by atoms with Gasteiger partial charge in [0, 0.05) is 0 Å². The van der Waals surface area contributed by atoms with E-state index >= 15 is 0 Å². The lowest BCUT2D eigenvalue weighted by Gasteiger charge is -2.24. The van der Waals surface area contributed by atoms with Crippen LogP contribution in [0.15, 0.2) is 36.4 Å². The molecular formula is C16H18O3. The average Bonchev–Trinajstić information content (AvgIpc) is 2.86. The number of benzene rings is 1. The third-order valence-electron chi connectivity index (χ3n) is 3.67. The molecule has 3 heteroatoms. The summed E-state index contributed by atoms with van der Waals surface area (Å²) in [5.41, 5.74) is 1.10. The van der Waals surface area contributed by atoms with Crippen LogP contribution in [0, 0.1) is 5.41 Å². The fourth-order valence-corrected chi connectivity index (χ4v) is 2.48. The summed E-state index contributed by atoms with van der Waals surface area (Å²) >= 11 is 0. The van der Waals surface area contributed by atoms with Crippen LogP contribution in [0.2, 0.25) is 0 Å². The fourth-order valence-electron chi connectivity index (χ4n) is 2.48. The number of carbonyl (C=O) groups excluding carboxylic acids is 2. The highest BCUT2D eigenvalue weighted by Crippen LogP contribution is 2.43. The number of carbonyl (C=O) groups is 2. The Balaban J connectivity index is 2.25. The van der Waals surface area contributed by atoms with Gasteiger partial charge in [-0.25, -0.2) is 0 Å². The summed E-state index contributed by atoms with van der Waals surface area (Å²) in [7, 11) is 0. The molecule has 3 nitrogen and oxygen atoms in total. The van der Waals surface area contributed by atoms with Crippen molar-refractivity contribution in [3.63, 3.8) is 0 Å². The topological polar surface area (TPSA) is 43.4 Å². The van der Waals surface area contributed by atoms with Crippen molar-refractivity contribution in [3.8, 4) is 0 Å². The van der Waals surface area contributed by atoms with E-state index in [-0.39, 0.29) is 5.78 Å². The third-order valence-corrected chi connectivity index (χ3v) is 3.67. The normalized spacial score (nSPS) is 21.9. The molecule has 1 aliphatic carbocycles. The quantitative estimate of drug-likeness (QED) is 0.616. The molecule has 0 amide bonds. The van der Waals surface area contributed by atoms with Crippen LogP contribution in [0.25, 0.3) is 5.57 Å². The molecule has 0 aliphatic heterocycles. The molecule has 0 spiro atoms. The number of Topliss-reactive ketones (excluding diaryl/α,β-unsaturated/α-hetero) is 1. The van der Waals surface area contributed by atoms with E-state index in [0.717, 1.165) is 11.1 Å². The lowest BCUT2D eigenvalue weighted by Crippen LogP contribution is -2.37. The molecule has 1 unspecified atom stereocenters. The van der Waals surface area contributed by atoms with Gasteiger partial charge < -0.3 is 4.74 Å². The number of esters is 1. The molecule has 0 saturated heterocycles. The number of allylic oxidation sites excluding steroid dienone is 2. The number of ketones is 1. The fraction of sp³-hybridized carbons (Fsp3) is 0.375. The lowest BCUT2D eigenvalue weighted by atomic mass is 9.80. The molecule has 1 aromatic carbocycles. The number of rotatable bonds is 4. The molecule has 100 valence electrons. The predicted molar refractivity (Wildman–Crippen MR) is 73.4 cm³/mol. The van der Waals surface area contributed by atoms with Crippen molar-refractivity contribution in [2.75, 3.05) is 6.61 Å². The summed E-state index contributed by atoms with van der Waals surface area (Å²) in [6, 6.07) is 9.84. The van der Waals surface area contributed by atoms with Crippen molar-refractivity contribution >= 4 is 17.3 Å². The third kappa shape index (κ3) is 2.46. The predicted octanol–water partition coefficient (Wildman–Crippen LogP) is 3.00. The molecule has 1 atom stereocenters. The summed E-state index contributed by atoms with van der Waals surface area (Å²) < 4.78 is 5.08. The maximum absolute atomic E-state index is 12.1. The molecule has 1 aromatic rings. The minimum Gasteiger partial charge on any atom is -0.465 e. The minimum absolute atomic E-state index is 0.117. The molecule has 0 bridgehead atoms. The highest BCUT2D eigenvalue weighted by Gasteiger charge is 2.47. The maximum atomic E-state index is 12.1. The van der Waals surface area contributed by atoms with Gasteiger partial charge in [-0.3, -0.25) is 9.59 Å². The van der Waals surface area contributed by atoms with Crippen molar-refractivity contribution < 1.29 is 14.3 Å². The second-order valence-corrected chi connectivity index (χ2v) is 4.84. The van der Waals surface area contributed by atoms with Crippen LogP contribution in [0.1, 0.15) is 32.3 Å². The number of hydrogen-bond donors (Lipinski definition) is 0.